The normalized spacial score (nSPS) is 29.8. The van der Waals surface area contributed by atoms with E-state index in [9.17, 15) is 29.4 Å². The number of rotatable bonds is 6. The molecule has 0 radical (unpaired) electrons. The Labute approximate surface area is 184 Å². The third-order valence-electron chi connectivity index (χ3n) is 6.47. The third kappa shape index (κ3) is 3.65. The number of allylic oxidation sites excluding steroid dienone is 2. The SMILES string of the molecule is O=C(O)N1C[C@H](NOCc2ccccc2)CC[C@]1(C(=O)O)N1C(=O)[C@H]2CC=CC[C@H]2C1=O. The maximum atomic E-state index is 13.1. The van der Waals surface area contributed by atoms with Gasteiger partial charge in [-0.1, -0.05) is 42.5 Å². The number of hydrogen-bond acceptors (Lipinski definition) is 6. The molecule has 2 heterocycles. The first-order valence-corrected chi connectivity index (χ1v) is 10.5. The number of amides is 3. The Bertz CT molecular complexity index is 924. The number of hydrogen-bond donors (Lipinski definition) is 3. The summed E-state index contributed by atoms with van der Waals surface area (Å²) in [6.07, 6.45) is 2.72. The van der Waals surface area contributed by atoms with Crippen molar-refractivity contribution in [2.75, 3.05) is 6.54 Å². The van der Waals surface area contributed by atoms with Gasteiger partial charge in [0.15, 0.2) is 0 Å². The van der Waals surface area contributed by atoms with E-state index in [0.29, 0.717) is 22.6 Å². The summed E-state index contributed by atoms with van der Waals surface area (Å²) in [5.41, 5.74) is 1.44. The molecule has 2 saturated heterocycles. The number of fused-ring (bicyclic) bond motifs is 1. The van der Waals surface area contributed by atoms with Gasteiger partial charge in [0.2, 0.25) is 17.5 Å². The van der Waals surface area contributed by atoms with Crippen LogP contribution in [-0.2, 0) is 25.8 Å². The highest BCUT2D eigenvalue weighted by molar-refractivity contribution is 6.09. The number of carbonyl (C=O) groups is 4. The Morgan fingerprint density at radius 2 is 1.69 bits per heavy atom. The molecule has 4 rings (SSSR count). The number of carboxylic acids is 1. The van der Waals surface area contributed by atoms with E-state index in [-0.39, 0.29) is 26.0 Å². The number of carboxylic acid groups (broad SMARTS) is 2. The molecule has 10 nitrogen and oxygen atoms in total. The van der Waals surface area contributed by atoms with Gasteiger partial charge in [-0.2, -0.15) is 5.48 Å². The number of benzene rings is 1. The Morgan fingerprint density at radius 1 is 1.06 bits per heavy atom. The minimum atomic E-state index is -2.27. The van der Waals surface area contributed by atoms with E-state index < -0.39 is 47.4 Å². The van der Waals surface area contributed by atoms with Crippen LogP contribution in [0, 0.1) is 11.8 Å². The molecule has 1 aromatic rings. The summed E-state index contributed by atoms with van der Waals surface area (Å²) in [6, 6.07) is 8.86. The molecule has 10 heteroatoms. The fourth-order valence-corrected chi connectivity index (χ4v) is 4.84. The number of nitrogens with zero attached hydrogens (tertiary/aromatic N) is 2. The van der Waals surface area contributed by atoms with Gasteiger partial charge in [0.1, 0.15) is 0 Å². The van der Waals surface area contributed by atoms with E-state index in [4.69, 9.17) is 4.84 Å². The minimum absolute atomic E-state index is 0.204. The molecule has 170 valence electrons. The quantitative estimate of drug-likeness (QED) is 0.342. The number of imide groups is 1. The highest BCUT2D eigenvalue weighted by atomic mass is 16.6. The minimum Gasteiger partial charge on any atom is -0.478 e. The number of likely N-dealkylation sites (tertiary alicyclic amines) is 2. The molecule has 0 saturated carbocycles. The van der Waals surface area contributed by atoms with Gasteiger partial charge in [0.25, 0.3) is 0 Å². The van der Waals surface area contributed by atoms with Crippen LogP contribution in [0.1, 0.15) is 31.2 Å². The van der Waals surface area contributed by atoms with Crippen molar-refractivity contribution in [3.05, 3.63) is 48.0 Å². The van der Waals surface area contributed by atoms with Crippen LogP contribution in [0.3, 0.4) is 0 Å². The van der Waals surface area contributed by atoms with Crippen LogP contribution in [0.4, 0.5) is 4.79 Å². The van der Waals surface area contributed by atoms with Crippen molar-refractivity contribution in [1.82, 2.24) is 15.3 Å². The molecule has 0 aromatic heterocycles. The maximum absolute atomic E-state index is 13.1. The van der Waals surface area contributed by atoms with Crippen LogP contribution < -0.4 is 5.48 Å². The van der Waals surface area contributed by atoms with Crippen molar-refractivity contribution >= 4 is 23.9 Å². The van der Waals surface area contributed by atoms with Crippen molar-refractivity contribution in [1.29, 1.82) is 0 Å². The third-order valence-corrected chi connectivity index (χ3v) is 6.47. The molecule has 0 spiro atoms. The van der Waals surface area contributed by atoms with Gasteiger partial charge < -0.3 is 10.2 Å². The maximum Gasteiger partial charge on any atom is 0.409 e. The summed E-state index contributed by atoms with van der Waals surface area (Å²) in [7, 11) is 0. The molecule has 4 atom stereocenters. The highest BCUT2D eigenvalue weighted by Crippen LogP contribution is 2.43. The number of carbonyl (C=O) groups excluding carboxylic acids is 2. The van der Waals surface area contributed by atoms with Gasteiger partial charge >= 0.3 is 12.1 Å². The molecule has 3 N–H and O–H groups in total. The molecule has 2 fully saturated rings. The Kier molecular flexibility index (Phi) is 5.98. The van der Waals surface area contributed by atoms with Gasteiger partial charge in [-0.25, -0.2) is 14.5 Å². The van der Waals surface area contributed by atoms with E-state index in [1.165, 1.54) is 0 Å². The molecule has 1 aromatic carbocycles. The van der Waals surface area contributed by atoms with Gasteiger partial charge in [-0.15, -0.1) is 0 Å². The lowest BCUT2D eigenvalue weighted by Gasteiger charge is -2.48. The lowest BCUT2D eigenvalue weighted by molar-refractivity contribution is -0.182. The molecular formula is C22H25N3O7. The first-order chi connectivity index (χ1) is 15.4. The second-order valence-corrected chi connectivity index (χ2v) is 8.31. The summed E-state index contributed by atoms with van der Waals surface area (Å²) < 4.78 is 0. The molecule has 3 amide bonds. The number of aliphatic carboxylic acids is 1. The lowest BCUT2D eigenvalue weighted by Crippen LogP contribution is -2.72. The zero-order chi connectivity index (χ0) is 22.9. The Morgan fingerprint density at radius 3 is 2.25 bits per heavy atom. The zero-order valence-corrected chi connectivity index (χ0v) is 17.3. The van der Waals surface area contributed by atoms with Crippen molar-refractivity contribution in [3.8, 4) is 0 Å². The first-order valence-electron chi connectivity index (χ1n) is 10.5. The monoisotopic (exact) mass is 443 g/mol. The standard InChI is InChI=1S/C22H25N3O7/c26-18-16-8-4-5-9-17(16)19(27)25(18)22(20(28)29)11-10-15(12-24(22)21(30)31)23-32-13-14-6-2-1-3-7-14/h1-7,15-17,23H,8-13H2,(H,28,29)(H,30,31)/t15-,16-,17+,22-/m1/s1. The van der Waals surface area contributed by atoms with Crippen LogP contribution >= 0.6 is 0 Å². The van der Waals surface area contributed by atoms with Crippen LogP contribution in [-0.4, -0.2) is 62.1 Å². The van der Waals surface area contributed by atoms with Crippen LogP contribution in [0.2, 0.25) is 0 Å². The zero-order valence-electron chi connectivity index (χ0n) is 17.3. The van der Waals surface area contributed by atoms with Crippen molar-refractivity contribution in [3.63, 3.8) is 0 Å². The predicted molar refractivity (Wildman–Crippen MR) is 110 cm³/mol. The summed E-state index contributed by atoms with van der Waals surface area (Å²) >= 11 is 0. The summed E-state index contributed by atoms with van der Waals surface area (Å²) in [5.74, 6) is -4.07. The largest absolute Gasteiger partial charge is 0.478 e. The summed E-state index contributed by atoms with van der Waals surface area (Å²) in [5, 5.41) is 20.0. The van der Waals surface area contributed by atoms with Crippen molar-refractivity contribution in [2.24, 2.45) is 11.8 Å². The van der Waals surface area contributed by atoms with Crippen LogP contribution in [0.25, 0.3) is 0 Å². The lowest BCUT2D eigenvalue weighted by atomic mass is 9.85. The van der Waals surface area contributed by atoms with Gasteiger partial charge in [-0.05, 0) is 24.8 Å². The molecule has 32 heavy (non-hydrogen) atoms. The Hall–Kier alpha value is -3.24. The van der Waals surface area contributed by atoms with Gasteiger partial charge in [0.05, 0.1) is 24.5 Å². The van der Waals surface area contributed by atoms with Crippen LogP contribution in [0.15, 0.2) is 42.5 Å². The summed E-state index contributed by atoms with van der Waals surface area (Å²) in [6.45, 7) is -0.00495. The van der Waals surface area contributed by atoms with E-state index in [2.05, 4.69) is 5.48 Å². The fraction of sp³-hybridized carbons (Fsp3) is 0.455. The van der Waals surface area contributed by atoms with Gasteiger partial charge in [0, 0.05) is 13.0 Å². The van der Waals surface area contributed by atoms with Gasteiger partial charge in [-0.3, -0.25) is 19.3 Å². The molecule has 0 unspecified atom stereocenters. The van der Waals surface area contributed by atoms with E-state index in [1.54, 1.807) is 12.2 Å². The van der Waals surface area contributed by atoms with Crippen LogP contribution in [0.5, 0.6) is 0 Å². The molecule has 3 aliphatic rings. The number of piperidine rings is 1. The average Bonchev–Trinajstić information content (AvgIpc) is 3.05. The molecule has 1 aliphatic carbocycles. The first kappa shape index (κ1) is 22.0. The number of hydroxylamine groups is 1. The fourth-order valence-electron chi connectivity index (χ4n) is 4.84. The predicted octanol–water partition coefficient (Wildman–Crippen LogP) is 1.58. The van der Waals surface area contributed by atoms with Crippen molar-refractivity contribution in [2.45, 2.75) is 44.0 Å². The second kappa shape index (κ2) is 8.71. The number of nitrogens with one attached hydrogen (secondary N) is 1. The molecule has 2 aliphatic heterocycles. The smallest absolute Gasteiger partial charge is 0.409 e. The van der Waals surface area contributed by atoms with E-state index >= 15 is 0 Å². The average molecular weight is 443 g/mol. The summed E-state index contributed by atoms with van der Waals surface area (Å²) in [4.78, 5) is 57.6. The second-order valence-electron chi connectivity index (χ2n) is 8.31. The van der Waals surface area contributed by atoms with E-state index in [1.807, 2.05) is 30.3 Å². The molecular weight excluding hydrogens is 418 g/mol. The molecule has 0 bridgehead atoms. The van der Waals surface area contributed by atoms with E-state index in [0.717, 1.165) is 5.56 Å². The topological polar surface area (TPSA) is 136 Å². The Balaban J connectivity index is 1.53. The highest BCUT2D eigenvalue weighted by Gasteiger charge is 2.63. The van der Waals surface area contributed by atoms with Crippen molar-refractivity contribution < 1.29 is 34.2 Å².